The van der Waals surface area contributed by atoms with Crippen molar-refractivity contribution in [2.24, 2.45) is 13.0 Å². The van der Waals surface area contributed by atoms with Crippen molar-refractivity contribution in [3.05, 3.63) is 58.8 Å². The van der Waals surface area contributed by atoms with Crippen LogP contribution in [0.15, 0.2) is 36.4 Å². The summed E-state index contributed by atoms with van der Waals surface area (Å²) >= 11 is 0. The van der Waals surface area contributed by atoms with Crippen molar-refractivity contribution in [2.45, 2.75) is 55.3 Å². The molecule has 2 fully saturated rings. The lowest BCUT2D eigenvalue weighted by atomic mass is 9.49. The highest BCUT2D eigenvalue weighted by molar-refractivity contribution is 5.87. The fraction of sp³-hybridized carbons (Fsp3) is 0.481. The van der Waals surface area contributed by atoms with Crippen LogP contribution in [0.25, 0.3) is 10.9 Å². The third-order valence-electron chi connectivity index (χ3n) is 9.47. The molecular formula is C27H28N2O3. The SMILES string of the molecule is [11CH3]n1c2c(c3ccccc31)C[C@@]1(O)[C@@H]3Cc4ccc(O)c5c4[C@@]1(CCN3CC1CC1)C2O5. The molecule has 8 rings (SSSR count). The average molecular weight is 428 g/mol. The van der Waals surface area contributed by atoms with Crippen molar-refractivity contribution in [3.63, 3.8) is 0 Å². The van der Waals surface area contributed by atoms with Crippen LogP contribution in [0.2, 0.25) is 0 Å². The van der Waals surface area contributed by atoms with Gasteiger partial charge in [-0.25, -0.2) is 0 Å². The predicted molar refractivity (Wildman–Crippen MR) is 121 cm³/mol. The quantitative estimate of drug-likeness (QED) is 0.656. The second-order valence-corrected chi connectivity index (χ2v) is 10.9. The molecule has 4 atom stereocenters. The summed E-state index contributed by atoms with van der Waals surface area (Å²) in [5.74, 6) is 1.60. The summed E-state index contributed by atoms with van der Waals surface area (Å²) in [7, 11) is 2.12. The van der Waals surface area contributed by atoms with E-state index in [1.807, 2.05) is 0 Å². The van der Waals surface area contributed by atoms with E-state index in [1.165, 1.54) is 40.6 Å². The molecule has 2 aliphatic heterocycles. The molecule has 0 amide bonds. The first-order valence-corrected chi connectivity index (χ1v) is 12.1. The minimum atomic E-state index is -0.909. The lowest BCUT2D eigenvalue weighted by molar-refractivity contribution is -0.173. The number of nitrogens with zero attached hydrogens (tertiary/aromatic N) is 2. The third kappa shape index (κ3) is 1.84. The van der Waals surface area contributed by atoms with E-state index in [4.69, 9.17) is 4.74 Å². The van der Waals surface area contributed by atoms with E-state index in [1.54, 1.807) is 6.07 Å². The monoisotopic (exact) mass is 427 g/mol. The number of hydrogen-bond donors (Lipinski definition) is 2. The standard InChI is InChI=1S/C27H28N2O3/c1-28-19-5-3-2-4-17(19)18-13-27(31)21-12-16-8-9-20(30)24-22(16)26(27,25(32-24)23(18)28)10-11-29(21)14-15-6-7-15/h2-5,8-9,15,21,25,30-31H,6-7,10-14H2,1H3/t21-,25?,26-,27+/m0/s1/i1-1. The number of rotatable bonds is 2. The number of fused-ring (bicyclic) bond motifs is 4. The number of aryl methyl sites for hydroxylation is 1. The molecule has 32 heavy (non-hydrogen) atoms. The lowest BCUT2D eigenvalue weighted by Gasteiger charge is -2.63. The topological polar surface area (TPSA) is 57.9 Å². The molecule has 5 heteroatoms. The maximum absolute atomic E-state index is 12.8. The summed E-state index contributed by atoms with van der Waals surface area (Å²) in [6.45, 7) is 2.08. The van der Waals surface area contributed by atoms with Gasteiger partial charge in [-0.2, -0.15) is 0 Å². The van der Waals surface area contributed by atoms with Gasteiger partial charge in [-0.1, -0.05) is 24.3 Å². The Morgan fingerprint density at radius 2 is 2.00 bits per heavy atom. The van der Waals surface area contributed by atoms with Crippen LogP contribution in [0, 0.1) is 5.92 Å². The van der Waals surface area contributed by atoms with E-state index >= 15 is 0 Å². The number of hydrogen-bond acceptors (Lipinski definition) is 4. The van der Waals surface area contributed by atoms with Crippen molar-refractivity contribution >= 4 is 10.9 Å². The number of phenols is 1. The fourth-order valence-electron chi connectivity index (χ4n) is 7.93. The summed E-state index contributed by atoms with van der Waals surface area (Å²) in [4.78, 5) is 2.59. The van der Waals surface area contributed by atoms with Crippen molar-refractivity contribution in [1.82, 2.24) is 9.47 Å². The van der Waals surface area contributed by atoms with Crippen LogP contribution in [0.1, 0.15) is 47.8 Å². The van der Waals surface area contributed by atoms with E-state index in [-0.39, 0.29) is 17.9 Å². The number of aromatic nitrogens is 1. The van der Waals surface area contributed by atoms with Gasteiger partial charge in [0.2, 0.25) is 0 Å². The largest absolute Gasteiger partial charge is 0.504 e. The normalized spacial score (nSPS) is 34.3. The van der Waals surface area contributed by atoms with Crippen LogP contribution < -0.4 is 4.74 Å². The molecule has 1 saturated heterocycles. The zero-order valence-corrected chi connectivity index (χ0v) is 18.3. The molecule has 2 N–H and O–H groups in total. The Balaban J connectivity index is 1.44. The van der Waals surface area contributed by atoms with Gasteiger partial charge in [0.25, 0.3) is 0 Å². The van der Waals surface area contributed by atoms with Gasteiger partial charge in [0.15, 0.2) is 17.6 Å². The first kappa shape index (κ1) is 18.0. The minimum absolute atomic E-state index is 0.0815. The highest BCUT2D eigenvalue weighted by Gasteiger charge is 2.73. The van der Waals surface area contributed by atoms with Crippen LogP contribution >= 0.6 is 0 Å². The zero-order chi connectivity index (χ0) is 21.4. The van der Waals surface area contributed by atoms with Gasteiger partial charge >= 0.3 is 0 Å². The van der Waals surface area contributed by atoms with Crippen molar-refractivity contribution in [2.75, 3.05) is 13.1 Å². The first-order valence-electron chi connectivity index (χ1n) is 12.1. The molecule has 2 bridgehead atoms. The molecule has 3 aliphatic carbocycles. The molecule has 0 radical (unpaired) electrons. The van der Waals surface area contributed by atoms with Crippen molar-refractivity contribution < 1.29 is 14.9 Å². The lowest BCUT2D eigenvalue weighted by Crippen LogP contribution is -2.74. The fourth-order valence-corrected chi connectivity index (χ4v) is 7.93. The number of aromatic hydroxyl groups is 1. The number of aliphatic hydroxyl groups is 1. The Morgan fingerprint density at radius 3 is 2.84 bits per heavy atom. The maximum Gasteiger partial charge on any atom is 0.166 e. The highest BCUT2D eigenvalue weighted by Crippen LogP contribution is 2.69. The molecule has 164 valence electrons. The molecule has 5 aliphatic rings. The van der Waals surface area contributed by atoms with Crippen LogP contribution in [0.4, 0.5) is 0 Å². The van der Waals surface area contributed by atoms with E-state index < -0.39 is 11.0 Å². The van der Waals surface area contributed by atoms with Gasteiger partial charge in [-0.15, -0.1) is 0 Å². The Hall–Kier alpha value is -2.50. The molecular weight excluding hydrogens is 399 g/mol. The summed E-state index contributed by atoms with van der Waals surface area (Å²) in [6.07, 6.45) is 4.69. The summed E-state index contributed by atoms with van der Waals surface area (Å²) < 4.78 is 8.96. The Morgan fingerprint density at radius 1 is 1.16 bits per heavy atom. The van der Waals surface area contributed by atoms with Gasteiger partial charge in [-0.3, -0.25) is 4.90 Å². The van der Waals surface area contributed by atoms with E-state index in [9.17, 15) is 10.2 Å². The summed E-state index contributed by atoms with van der Waals surface area (Å²) in [5, 5.41) is 24.8. The summed E-state index contributed by atoms with van der Waals surface area (Å²) in [5.41, 5.74) is 4.50. The van der Waals surface area contributed by atoms with Gasteiger partial charge in [0.1, 0.15) is 0 Å². The van der Waals surface area contributed by atoms with Gasteiger partial charge in [0.05, 0.1) is 16.7 Å². The van der Waals surface area contributed by atoms with Crippen LogP contribution in [0.5, 0.6) is 11.5 Å². The molecule has 3 aromatic rings. The number of ether oxygens (including phenoxy) is 1. The predicted octanol–water partition coefficient (Wildman–Crippen LogP) is 3.58. The Labute approximate surface area is 187 Å². The molecule has 5 nitrogen and oxygen atoms in total. The second-order valence-electron chi connectivity index (χ2n) is 10.9. The number of benzene rings is 2. The highest BCUT2D eigenvalue weighted by atomic mass is 16.5. The maximum atomic E-state index is 12.8. The molecule has 1 aromatic heterocycles. The van der Waals surface area contributed by atoms with Gasteiger partial charge in [-0.05, 0) is 61.4 Å². The number of para-hydroxylation sites is 1. The molecule has 3 heterocycles. The van der Waals surface area contributed by atoms with Crippen LogP contribution in [0.3, 0.4) is 0 Å². The van der Waals surface area contributed by atoms with E-state index in [0.717, 1.165) is 37.4 Å². The van der Waals surface area contributed by atoms with Crippen LogP contribution in [-0.4, -0.2) is 44.4 Å². The van der Waals surface area contributed by atoms with Gasteiger partial charge < -0.3 is 19.5 Å². The third-order valence-corrected chi connectivity index (χ3v) is 9.47. The molecule has 1 unspecified atom stereocenters. The van der Waals surface area contributed by atoms with Crippen LogP contribution in [-0.2, 0) is 25.3 Å². The molecule has 1 spiro atoms. The number of likely N-dealkylation sites (tertiary alicyclic amines) is 1. The smallest absolute Gasteiger partial charge is 0.166 e. The van der Waals surface area contributed by atoms with E-state index in [2.05, 4.69) is 46.8 Å². The first-order chi connectivity index (χ1) is 15.5. The summed E-state index contributed by atoms with van der Waals surface area (Å²) in [6, 6.07) is 12.5. The molecule has 2 aromatic carbocycles. The minimum Gasteiger partial charge on any atom is -0.504 e. The Kier molecular flexibility index (Phi) is 3.10. The molecule has 1 saturated carbocycles. The Bertz CT molecular complexity index is 1320. The number of piperidine rings is 1. The number of phenolic OH excluding ortho intramolecular Hbond substituents is 1. The second kappa shape index (κ2) is 5.52. The zero-order valence-electron chi connectivity index (χ0n) is 18.3. The van der Waals surface area contributed by atoms with Crippen molar-refractivity contribution in [3.8, 4) is 11.5 Å². The van der Waals surface area contributed by atoms with E-state index in [0.29, 0.717) is 12.2 Å². The average Bonchev–Trinajstić information content (AvgIpc) is 3.47. The van der Waals surface area contributed by atoms with Gasteiger partial charge in [0, 0.05) is 42.5 Å². The van der Waals surface area contributed by atoms with Crippen molar-refractivity contribution in [1.29, 1.82) is 0 Å².